The molecule has 1 unspecified atom stereocenters. The molecule has 0 aromatic heterocycles. The van der Waals surface area contributed by atoms with Gasteiger partial charge in [0.05, 0.1) is 5.60 Å². The zero-order chi connectivity index (χ0) is 13.7. The largest absolute Gasteiger partial charge is 0.381 e. The monoisotopic (exact) mass is 267 g/mol. The molecule has 1 aromatic carbocycles. The molecular formula is C15H22FNO2. The lowest BCUT2D eigenvalue weighted by molar-refractivity contribution is -0.120. The maximum absolute atomic E-state index is 13.2. The fraction of sp³-hybridized carbons (Fsp3) is 0.600. The molecule has 1 saturated heterocycles. The second-order valence-electron chi connectivity index (χ2n) is 5.05. The van der Waals surface area contributed by atoms with Crippen molar-refractivity contribution in [2.75, 3.05) is 19.8 Å². The molecular weight excluding hydrogens is 245 g/mol. The van der Waals surface area contributed by atoms with Crippen LogP contribution in [0.25, 0.3) is 0 Å². The molecule has 1 atom stereocenters. The van der Waals surface area contributed by atoms with E-state index in [0.29, 0.717) is 26.2 Å². The molecule has 1 aromatic rings. The SMILES string of the molecule is CCOC1(C(N)Cc2cccc(F)c2)CCOCC1. The standard InChI is InChI=1S/C15H22FNO2/c1-2-19-15(6-8-18-9-7-15)14(17)11-12-4-3-5-13(16)10-12/h3-5,10,14H,2,6-9,11,17H2,1H3. The number of halogens is 1. The van der Waals surface area contributed by atoms with E-state index in [9.17, 15) is 4.39 Å². The average Bonchev–Trinajstić information content (AvgIpc) is 2.40. The van der Waals surface area contributed by atoms with E-state index in [0.717, 1.165) is 18.4 Å². The van der Waals surface area contributed by atoms with Crippen LogP contribution in [0, 0.1) is 5.82 Å². The Balaban J connectivity index is 2.08. The summed E-state index contributed by atoms with van der Waals surface area (Å²) in [5.74, 6) is -0.220. The van der Waals surface area contributed by atoms with Crippen molar-refractivity contribution in [3.63, 3.8) is 0 Å². The Labute approximate surface area is 113 Å². The molecule has 106 valence electrons. The van der Waals surface area contributed by atoms with Gasteiger partial charge in [0.25, 0.3) is 0 Å². The van der Waals surface area contributed by atoms with Gasteiger partial charge >= 0.3 is 0 Å². The highest BCUT2D eigenvalue weighted by atomic mass is 19.1. The molecule has 0 spiro atoms. The normalized spacial score (nSPS) is 20.2. The Morgan fingerprint density at radius 2 is 2.16 bits per heavy atom. The molecule has 1 aliphatic rings. The van der Waals surface area contributed by atoms with Crippen LogP contribution in [0.15, 0.2) is 24.3 Å². The maximum atomic E-state index is 13.2. The minimum absolute atomic E-state index is 0.141. The minimum atomic E-state index is -0.334. The molecule has 2 N–H and O–H groups in total. The lowest BCUT2D eigenvalue weighted by Crippen LogP contribution is -2.54. The highest BCUT2D eigenvalue weighted by molar-refractivity contribution is 5.18. The highest BCUT2D eigenvalue weighted by Gasteiger charge is 2.39. The first-order valence-electron chi connectivity index (χ1n) is 6.88. The van der Waals surface area contributed by atoms with E-state index < -0.39 is 0 Å². The molecule has 4 heteroatoms. The van der Waals surface area contributed by atoms with Gasteiger partial charge in [-0.2, -0.15) is 0 Å². The Hall–Kier alpha value is -0.970. The summed E-state index contributed by atoms with van der Waals surface area (Å²) in [5.41, 5.74) is 6.93. The fourth-order valence-corrected chi connectivity index (χ4v) is 2.73. The fourth-order valence-electron chi connectivity index (χ4n) is 2.73. The van der Waals surface area contributed by atoms with Gasteiger partial charge in [0.2, 0.25) is 0 Å². The Kier molecular flexibility index (Phi) is 4.91. The summed E-state index contributed by atoms with van der Waals surface area (Å²) in [4.78, 5) is 0. The van der Waals surface area contributed by atoms with Crippen LogP contribution in [0.3, 0.4) is 0 Å². The van der Waals surface area contributed by atoms with Crippen molar-refractivity contribution in [3.8, 4) is 0 Å². The van der Waals surface area contributed by atoms with Crippen molar-refractivity contribution in [1.82, 2.24) is 0 Å². The molecule has 0 saturated carbocycles. The molecule has 1 aliphatic heterocycles. The van der Waals surface area contributed by atoms with E-state index in [2.05, 4.69) is 0 Å². The third kappa shape index (κ3) is 3.53. The van der Waals surface area contributed by atoms with Crippen molar-refractivity contribution in [2.24, 2.45) is 5.73 Å². The third-order valence-corrected chi connectivity index (χ3v) is 3.79. The van der Waals surface area contributed by atoms with Crippen molar-refractivity contribution < 1.29 is 13.9 Å². The van der Waals surface area contributed by atoms with Crippen LogP contribution in [0.1, 0.15) is 25.3 Å². The van der Waals surface area contributed by atoms with Crippen molar-refractivity contribution in [1.29, 1.82) is 0 Å². The Bertz CT molecular complexity index is 399. The zero-order valence-corrected chi connectivity index (χ0v) is 11.4. The first kappa shape index (κ1) is 14.4. The Morgan fingerprint density at radius 1 is 1.42 bits per heavy atom. The predicted molar refractivity (Wildman–Crippen MR) is 72.5 cm³/mol. The number of nitrogens with two attached hydrogens (primary N) is 1. The minimum Gasteiger partial charge on any atom is -0.381 e. The van der Waals surface area contributed by atoms with Gasteiger partial charge in [0, 0.05) is 38.7 Å². The number of hydrogen-bond acceptors (Lipinski definition) is 3. The van der Waals surface area contributed by atoms with Crippen molar-refractivity contribution >= 4 is 0 Å². The summed E-state index contributed by atoms with van der Waals surface area (Å²) in [6.45, 7) is 3.97. The van der Waals surface area contributed by atoms with Gasteiger partial charge in [0.15, 0.2) is 0 Å². The number of hydrogen-bond donors (Lipinski definition) is 1. The van der Waals surface area contributed by atoms with Crippen molar-refractivity contribution in [2.45, 2.75) is 37.8 Å². The van der Waals surface area contributed by atoms with Crippen LogP contribution < -0.4 is 5.73 Å². The van der Waals surface area contributed by atoms with E-state index in [1.165, 1.54) is 6.07 Å². The maximum Gasteiger partial charge on any atom is 0.123 e. The summed E-state index contributed by atoms with van der Waals surface area (Å²) in [6.07, 6.45) is 2.23. The van der Waals surface area contributed by atoms with Gasteiger partial charge in [-0.25, -0.2) is 4.39 Å². The van der Waals surface area contributed by atoms with E-state index in [1.54, 1.807) is 12.1 Å². The van der Waals surface area contributed by atoms with Gasteiger partial charge in [0.1, 0.15) is 5.82 Å². The van der Waals surface area contributed by atoms with Gasteiger partial charge < -0.3 is 15.2 Å². The molecule has 1 fully saturated rings. The number of ether oxygens (including phenoxy) is 2. The van der Waals surface area contributed by atoms with E-state index in [1.807, 2.05) is 13.0 Å². The van der Waals surface area contributed by atoms with Crippen LogP contribution in [0.5, 0.6) is 0 Å². The molecule has 0 amide bonds. The molecule has 19 heavy (non-hydrogen) atoms. The van der Waals surface area contributed by atoms with Gasteiger partial charge in [-0.15, -0.1) is 0 Å². The smallest absolute Gasteiger partial charge is 0.123 e. The quantitative estimate of drug-likeness (QED) is 0.890. The van der Waals surface area contributed by atoms with Gasteiger partial charge in [-0.1, -0.05) is 12.1 Å². The van der Waals surface area contributed by atoms with Gasteiger partial charge in [-0.3, -0.25) is 0 Å². The van der Waals surface area contributed by atoms with Crippen molar-refractivity contribution in [3.05, 3.63) is 35.6 Å². The van der Waals surface area contributed by atoms with Crippen LogP contribution in [0.4, 0.5) is 4.39 Å². The Morgan fingerprint density at radius 3 is 2.79 bits per heavy atom. The zero-order valence-electron chi connectivity index (χ0n) is 11.4. The van der Waals surface area contributed by atoms with Gasteiger partial charge in [-0.05, 0) is 31.0 Å². The van der Waals surface area contributed by atoms with E-state index in [-0.39, 0.29) is 17.5 Å². The topological polar surface area (TPSA) is 44.5 Å². The molecule has 2 rings (SSSR count). The second kappa shape index (κ2) is 6.46. The van der Waals surface area contributed by atoms with E-state index in [4.69, 9.17) is 15.2 Å². The number of rotatable bonds is 5. The van der Waals surface area contributed by atoms with E-state index >= 15 is 0 Å². The molecule has 0 radical (unpaired) electrons. The summed E-state index contributed by atoms with van der Waals surface area (Å²) in [5, 5.41) is 0. The summed E-state index contributed by atoms with van der Waals surface area (Å²) < 4.78 is 24.5. The van der Waals surface area contributed by atoms with Crippen LogP contribution >= 0.6 is 0 Å². The van der Waals surface area contributed by atoms with Crippen LogP contribution in [-0.2, 0) is 15.9 Å². The predicted octanol–water partition coefficient (Wildman–Crippen LogP) is 2.28. The lowest BCUT2D eigenvalue weighted by atomic mass is 9.83. The molecule has 0 aliphatic carbocycles. The number of benzene rings is 1. The summed E-state index contributed by atoms with van der Waals surface area (Å²) >= 11 is 0. The molecule has 1 heterocycles. The average molecular weight is 267 g/mol. The lowest BCUT2D eigenvalue weighted by Gasteiger charge is -2.41. The molecule has 3 nitrogen and oxygen atoms in total. The molecule has 0 bridgehead atoms. The van der Waals surface area contributed by atoms with Crippen LogP contribution in [-0.4, -0.2) is 31.5 Å². The second-order valence-corrected chi connectivity index (χ2v) is 5.05. The summed E-state index contributed by atoms with van der Waals surface area (Å²) in [6, 6.07) is 6.47. The highest BCUT2D eigenvalue weighted by Crippen LogP contribution is 2.29. The first-order valence-corrected chi connectivity index (χ1v) is 6.88. The third-order valence-electron chi connectivity index (χ3n) is 3.79. The first-order chi connectivity index (χ1) is 9.16. The van der Waals surface area contributed by atoms with Crippen LogP contribution in [0.2, 0.25) is 0 Å². The summed E-state index contributed by atoms with van der Waals surface area (Å²) in [7, 11) is 0.